The Morgan fingerprint density at radius 2 is 1.25 bits per heavy atom. The van der Waals surface area contributed by atoms with Crippen molar-refractivity contribution < 1.29 is 23.2 Å². The Labute approximate surface area is 209 Å². The number of benzene rings is 3. The zero-order chi connectivity index (χ0) is 26.1. The van der Waals surface area contributed by atoms with E-state index in [1.807, 2.05) is 6.07 Å². The molecule has 0 radical (unpaired) electrons. The number of nitrogens with one attached hydrogen (secondary N) is 2. The topological polar surface area (TPSA) is 158 Å². The number of carbonyl (C=O) groups is 2. The number of amides is 2. The van der Waals surface area contributed by atoms with Gasteiger partial charge in [0.05, 0.1) is 23.6 Å². The van der Waals surface area contributed by atoms with E-state index in [2.05, 4.69) is 15.6 Å². The third-order valence-electron chi connectivity index (χ3n) is 4.76. The molecule has 0 aliphatic rings. The monoisotopic (exact) mass is 509 g/mol. The minimum absolute atomic E-state index is 0.129. The molecule has 36 heavy (non-hydrogen) atoms. The second-order valence-corrected chi connectivity index (χ2v) is 9.76. The van der Waals surface area contributed by atoms with Crippen molar-refractivity contribution in [3.05, 3.63) is 84.4 Å². The molecule has 0 heterocycles. The van der Waals surface area contributed by atoms with Crippen molar-refractivity contribution in [1.29, 1.82) is 0 Å². The van der Waals surface area contributed by atoms with Crippen molar-refractivity contribution in [3.63, 3.8) is 0 Å². The van der Waals surface area contributed by atoms with Crippen molar-refractivity contribution in [2.75, 3.05) is 16.8 Å². The number of hydrogen-bond donors (Lipinski definition) is 4. The maximum Gasteiger partial charge on any atom is 0.433 e. The van der Waals surface area contributed by atoms with Gasteiger partial charge in [-0.05, 0) is 29.8 Å². The van der Waals surface area contributed by atoms with Crippen LogP contribution in [0.3, 0.4) is 0 Å². The van der Waals surface area contributed by atoms with E-state index in [0.717, 1.165) is 0 Å². The highest BCUT2D eigenvalue weighted by atomic mass is 31.2. The molecule has 11 heteroatoms. The number of nitrogens with zero attached hydrogens (tertiary/aromatic N) is 1. The van der Waals surface area contributed by atoms with Gasteiger partial charge in [0, 0.05) is 13.8 Å². The van der Waals surface area contributed by atoms with Gasteiger partial charge < -0.3 is 31.1 Å². The van der Waals surface area contributed by atoms with E-state index in [-0.39, 0.29) is 35.4 Å². The minimum atomic E-state index is -4.10. The Balaban J connectivity index is 2.07. The van der Waals surface area contributed by atoms with Gasteiger partial charge in [0.25, 0.3) is 0 Å². The van der Waals surface area contributed by atoms with E-state index >= 15 is 0 Å². The Kier molecular flexibility index (Phi) is 8.70. The van der Waals surface area contributed by atoms with Crippen LogP contribution in [-0.4, -0.2) is 23.9 Å². The lowest BCUT2D eigenvalue weighted by atomic mass is 10.1. The van der Waals surface area contributed by atoms with Gasteiger partial charge in [-0.1, -0.05) is 54.6 Å². The summed E-state index contributed by atoms with van der Waals surface area (Å²) in [6.45, 7) is 2.70. The summed E-state index contributed by atoms with van der Waals surface area (Å²) in [4.78, 5) is 27.7. The van der Waals surface area contributed by atoms with Crippen molar-refractivity contribution >= 4 is 36.7 Å². The lowest BCUT2D eigenvalue weighted by Crippen LogP contribution is -2.25. The number of carbonyl (C=O) groups excluding carboxylic acids is 2. The lowest BCUT2D eigenvalue weighted by Gasteiger charge is -2.25. The number of anilines is 2. The van der Waals surface area contributed by atoms with Crippen LogP contribution in [0.4, 0.5) is 11.4 Å². The Morgan fingerprint density at radius 1 is 0.806 bits per heavy atom. The normalized spacial score (nSPS) is 11.6. The van der Waals surface area contributed by atoms with Gasteiger partial charge in [-0.15, -0.1) is 0 Å². The summed E-state index contributed by atoms with van der Waals surface area (Å²) >= 11 is 0. The van der Waals surface area contributed by atoms with Crippen LogP contribution < -0.4 is 31.1 Å². The van der Waals surface area contributed by atoms with Crippen LogP contribution in [0.1, 0.15) is 25.5 Å². The van der Waals surface area contributed by atoms with Crippen LogP contribution >= 0.6 is 7.60 Å². The Hall–Kier alpha value is -4.30. The van der Waals surface area contributed by atoms with E-state index < -0.39 is 13.6 Å². The van der Waals surface area contributed by atoms with Crippen molar-refractivity contribution in [2.24, 2.45) is 16.5 Å². The Bertz CT molecular complexity index is 1230. The highest BCUT2D eigenvalue weighted by Crippen LogP contribution is 2.54. The van der Waals surface area contributed by atoms with Gasteiger partial charge in [0.2, 0.25) is 11.8 Å². The molecular weight excluding hydrogens is 481 g/mol. The molecule has 2 amide bonds. The smallest absolute Gasteiger partial charge is 0.414 e. The molecule has 0 aliphatic carbocycles. The SMILES string of the molecule is CC(=O)Nc1ccccc1OP(=O)(CC(N=C(N)N)c1ccccc1)Oc1ccccc1NC(C)=O. The van der Waals surface area contributed by atoms with Crippen LogP contribution in [0.5, 0.6) is 11.5 Å². The van der Waals surface area contributed by atoms with Crippen LogP contribution in [0, 0.1) is 0 Å². The molecule has 0 saturated heterocycles. The quantitative estimate of drug-likeness (QED) is 0.180. The fourth-order valence-corrected chi connectivity index (χ4v) is 5.18. The van der Waals surface area contributed by atoms with Gasteiger partial charge in [-0.25, -0.2) is 9.56 Å². The van der Waals surface area contributed by atoms with Gasteiger partial charge in [-0.3, -0.25) is 9.59 Å². The third-order valence-corrected chi connectivity index (χ3v) is 6.50. The molecule has 0 saturated carbocycles. The van der Waals surface area contributed by atoms with Gasteiger partial charge >= 0.3 is 7.60 Å². The number of aliphatic imine (C=N–C) groups is 1. The van der Waals surface area contributed by atoms with E-state index in [9.17, 15) is 14.2 Å². The molecule has 1 atom stereocenters. The van der Waals surface area contributed by atoms with E-state index in [1.165, 1.54) is 13.8 Å². The van der Waals surface area contributed by atoms with E-state index in [0.29, 0.717) is 16.9 Å². The number of nitrogens with two attached hydrogens (primary N) is 2. The lowest BCUT2D eigenvalue weighted by molar-refractivity contribution is -0.115. The Morgan fingerprint density at radius 3 is 1.69 bits per heavy atom. The average Bonchev–Trinajstić information content (AvgIpc) is 2.81. The average molecular weight is 510 g/mol. The second kappa shape index (κ2) is 11.9. The molecule has 1 unspecified atom stereocenters. The predicted octanol–water partition coefficient (Wildman–Crippen LogP) is 4.27. The molecule has 3 aromatic rings. The van der Waals surface area contributed by atoms with Crippen molar-refractivity contribution in [3.8, 4) is 11.5 Å². The fourth-order valence-electron chi connectivity index (χ4n) is 3.36. The van der Waals surface area contributed by atoms with Crippen LogP contribution in [-0.2, 0) is 14.2 Å². The molecule has 0 fully saturated rings. The summed E-state index contributed by atoms with van der Waals surface area (Å²) in [5.74, 6) is -0.609. The first-order chi connectivity index (χ1) is 17.1. The van der Waals surface area contributed by atoms with Crippen molar-refractivity contribution in [2.45, 2.75) is 19.9 Å². The van der Waals surface area contributed by atoms with Gasteiger partial charge in [0.15, 0.2) is 17.5 Å². The first-order valence-corrected chi connectivity index (χ1v) is 12.7. The maximum atomic E-state index is 14.4. The number of para-hydroxylation sites is 4. The largest absolute Gasteiger partial charge is 0.433 e. The summed E-state index contributed by atoms with van der Waals surface area (Å²) in [5, 5.41) is 5.30. The molecule has 3 aromatic carbocycles. The maximum absolute atomic E-state index is 14.4. The van der Waals surface area contributed by atoms with Crippen molar-refractivity contribution in [1.82, 2.24) is 0 Å². The molecule has 0 aliphatic heterocycles. The van der Waals surface area contributed by atoms with Gasteiger partial charge in [-0.2, -0.15) is 0 Å². The molecule has 6 N–H and O–H groups in total. The van der Waals surface area contributed by atoms with Crippen LogP contribution in [0.2, 0.25) is 0 Å². The van der Waals surface area contributed by atoms with Crippen LogP contribution in [0.15, 0.2) is 83.9 Å². The highest BCUT2D eigenvalue weighted by molar-refractivity contribution is 7.54. The molecule has 0 bridgehead atoms. The summed E-state index contributed by atoms with van der Waals surface area (Å²) in [6, 6.07) is 21.3. The summed E-state index contributed by atoms with van der Waals surface area (Å²) in [5.41, 5.74) is 12.6. The molecule has 0 spiro atoms. The number of hydrogen-bond acceptors (Lipinski definition) is 6. The van der Waals surface area contributed by atoms with E-state index in [4.69, 9.17) is 20.5 Å². The molecule has 10 nitrogen and oxygen atoms in total. The zero-order valence-electron chi connectivity index (χ0n) is 19.9. The van der Waals surface area contributed by atoms with Gasteiger partial charge in [0.1, 0.15) is 0 Å². The summed E-state index contributed by atoms with van der Waals surface area (Å²) < 4.78 is 26.3. The number of guanidine groups is 1. The first-order valence-electron chi connectivity index (χ1n) is 11.0. The number of rotatable bonds is 10. The third kappa shape index (κ3) is 7.61. The first kappa shape index (κ1) is 26.3. The standard InChI is InChI=1S/C25H28N5O5P/c1-17(31)28-20-12-6-8-14-23(20)34-36(33,35-24-15-9-7-13-21(24)29-18(2)32)16-22(30-25(26)27)19-10-4-3-5-11-19/h3-15,22H,16H2,1-2H3,(H,28,31)(H,29,32)(H4,26,27,30). The minimum Gasteiger partial charge on any atom is -0.414 e. The van der Waals surface area contributed by atoms with Crippen LogP contribution in [0.25, 0.3) is 0 Å². The predicted molar refractivity (Wildman–Crippen MR) is 140 cm³/mol. The summed E-state index contributed by atoms with van der Waals surface area (Å²) in [7, 11) is -4.10. The molecule has 3 rings (SSSR count). The van der Waals surface area contributed by atoms with E-state index in [1.54, 1.807) is 72.8 Å². The second-order valence-electron chi connectivity index (χ2n) is 7.81. The summed E-state index contributed by atoms with van der Waals surface area (Å²) in [6.07, 6.45) is -0.252. The molecule has 0 aromatic heterocycles. The zero-order valence-corrected chi connectivity index (χ0v) is 20.8. The molecule has 188 valence electrons. The fraction of sp³-hybridized carbons (Fsp3) is 0.160. The molecular formula is C25H28N5O5P. The highest BCUT2D eigenvalue weighted by Gasteiger charge is 2.35.